The van der Waals surface area contributed by atoms with Crippen molar-refractivity contribution < 1.29 is 27.5 Å². The summed E-state index contributed by atoms with van der Waals surface area (Å²) in [7, 11) is -3.69. The van der Waals surface area contributed by atoms with Crippen molar-refractivity contribution in [2.24, 2.45) is 28.5 Å². The number of morpholine rings is 1. The molecule has 0 spiro atoms. The van der Waals surface area contributed by atoms with Crippen LogP contribution in [-0.2, 0) is 35.6 Å². The van der Waals surface area contributed by atoms with Crippen molar-refractivity contribution >= 4 is 39.1 Å². The van der Waals surface area contributed by atoms with Gasteiger partial charge >= 0.3 is 0 Å². The number of amides is 2. The summed E-state index contributed by atoms with van der Waals surface area (Å²) in [6, 6.07) is 20.0. The molecule has 3 aromatic rings. The zero-order chi connectivity index (χ0) is 35.3. The molecule has 3 aromatic carbocycles. The SMILES string of the molecule is Cc1ccc(S(=O)(=O)N2CCOCC2)cc1-c1cccc(C[C@H](CC(=O)C2CCC(CN)CC2)C(=O)Nc2ccc(C3=NCC(=O)N3)cc2)c1. The van der Waals surface area contributed by atoms with Gasteiger partial charge in [0.15, 0.2) is 0 Å². The third kappa shape index (κ3) is 8.38. The number of ether oxygens (including phenoxy) is 1. The van der Waals surface area contributed by atoms with E-state index in [2.05, 4.69) is 15.6 Å². The van der Waals surface area contributed by atoms with Crippen LogP contribution in [0.3, 0.4) is 0 Å². The molecule has 6 rings (SSSR count). The van der Waals surface area contributed by atoms with Gasteiger partial charge in [-0.15, -0.1) is 0 Å². The van der Waals surface area contributed by atoms with Crippen LogP contribution in [0, 0.1) is 24.7 Å². The topological polar surface area (TPSA) is 160 Å². The van der Waals surface area contributed by atoms with Crippen LogP contribution in [0.15, 0.2) is 76.6 Å². The molecule has 0 aromatic heterocycles. The predicted molar refractivity (Wildman–Crippen MR) is 192 cm³/mol. The number of hydrogen-bond donors (Lipinski definition) is 3. The number of aryl methyl sites for hydroxylation is 1. The normalized spacial score (nSPS) is 20.5. The number of sulfonamides is 1. The lowest BCUT2D eigenvalue weighted by molar-refractivity contribution is -0.129. The van der Waals surface area contributed by atoms with Crippen molar-refractivity contribution in [2.75, 3.05) is 44.7 Å². The van der Waals surface area contributed by atoms with Gasteiger partial charge in [0.1, 0.15) is 18.2 Å². The summed E-state index contributed by atoms with van der Waals surface area (Å²) in [6.07, 6.45) is 3.86. The fourth-order valence-electron chi connectivity index (χ4n) is 7.03. The number of carbonyl (C=O) groups excluding carboxylic acids is 3. The molecule has 12 heteroatoms. The number of Topliss-reactive ketones (excluding diaryl/α,β-unsaturated/α-hetero) is 1. The van der Waals surface area contributed by atoms with E-state index in [1.807, 2.05) is 37.3 Å². The zero-order valence-electron chi connectivity index (χ0n) is 28.4. The van der Waals surface area contributed by atoms with Crippen molar-refractivity contribution in [3.63, 3.8) is 0 Å². The van der Waals surface area contributed by atoms with Gasteiger partial charge in [-0.1, -0.05) is 30.3 Å². The molecule has 3 aliphatic rings. The van der Waals surface area contributed by atoms with Crippen molar-refractivity contribution in [1.29, 1.82) is 0 Å². The van der Waals surface area contributed by atoms with Crippen LogP contribution in [-0.4, -0.2) is 75.5 Å². The van der Waals surface area contributed by atoms with Crippen molar-refractivity contribution in [2.45, 2.75) is 50.3 Å². The van der Waals surface area contributed by atoms with Crippen LogP contribution in [0.1, 0.15) is 48.8 Å². The second-order valence-electron chi connectivity index (χ2n) is 13.5. The molecule has 1 atom stereocenters. The monoisotopic (exact) mass is 699 g/mol. The number of hydrogen-bond acceptors (Lipinski definition) is 8. The van der Waals surface area contributed by atoms with Gasteiger partial charge in [-0.2, -0.15) is 4.31 Å². The van der Waals surface area contributed by atoms with E-state index in [4.69, 9.17) is 10.5 Å². The quantitative estimate of drug-likeness (QED) is 0.257. The lowest BCUT2D eigenvalue weighted by Crippen LogP contribution is -2.40. The molecule has 2 fully saturated rings. The van der Waals surface area contributed by atoms with Gasteiger partial charge < -0.3 is 21.1 Å². The summed E-state index contributed by atoms with van der Waals surface area (Å²) in [6.45, 7) is 4.03. The molecule has 0 radical (unpaired) electrons. The number of nitrogens with one attached hydrogen (secondary N) is 2. The molecular formula is C38H45N5O6S. The van der Waals surface area contributed by atoms with E-state index >= 15 is 0 Å². The van der Waals surface area contributed by atoms with Gasteiger partial charge in [-0.05, 0) is 110 Å². The van der Waals surface area contributed by atoms with Gasteiger partial charge in [0, 0.05) is 42.6 Å². The average molecular weight is 700 g/mol. The Morgan fingerprint density at radius 1 is 1.00 bits per heavy atom. The molecule has 0 bridgehead atoms. The van der Waals surface area contributed by atoms with Crippen LogP contribution in [0.25, 0.3) is 11.1 Å². The number of ketones is 1. The van der Waals surface area contributed by atoms with Crippen LogP contribution < -0.4 is 16.4 Å². The Balaban J connectivity index is 1.22. The lowest BCUT2D eigenvalue weighted by Gasteiger charge is -2.28. The minimum atomic E-state index is -3.69. The standard InChI is InChI=1S/C38H45N5O6S/c1-25-5-14-33(50(47,48)43-15-17-49-18-16-43)22-34(25)30-4-2-3-27(19-30)20-31(21-35(44)28-8-6-26(23-39)7-9-28)38(46)41-32-12-10-29(11-13-32)37-40-24-36(45)42-37/h2-5,10-14,19,22,26,28,31H,6-9,15-18,20-21,23-24,39H2,1H3,(H,41,46)(H,40,42,45)/t26?,28?,31-/m1/s1. The number of benzene rings is 3. The number of aliphatic imine (C=N–C) groups is 1. The highest BCUT2D eigenvalue weighted by Gasteiger charge is 2.31. The van der Waals surface area contributed by atoms with Gasteiger partial charge in [0.25, 0.3) is 0 Å². The van der Waals surface area contributed by atoms with Gasteiger partial charge in [-0.25, -0.2) is 8.42 Å². The Kier molecular flexibility index (Phi) is 11.2. The van der Waals surface area contributed by atoms with Crippen molar-refractivity contribution in [1.82, 2.24) is 9.62 Å². The summed E-state index contributed by atoms with van der Waals surface area (Å²) >= 11 is 0. The Morgan fingerprint density at radius 3 is 2.42 bits per heavy atom. The number of nitrogens with zero attached hydrogens (tertiary/aromatic N) is 2. The minimum Gasteiger partial charge on any atom is -0.379 e. The Labute approximate surface area is 293 Å². The molecule has 264 valence electrons. The third-order valence-electron chi connectivity index (χ3n) is 10.1. The molecule has 0 unspecified atom stereocenters. The van der Waals surface area contributed by atoms with E-state index in [9.17, 15) is 22.8 Å². The summed E-state index contributed by atoms with van der Waals surface area (Å²) in [5.41, 5.74) is 10.6. The fourth-order valence-corrected chi connectivity index (χ4v) is 8.46. The van der Waals surface area contributed by atoms with E-state index in [0.29, 0.717) is 56.7 Å². The molecular weight excluding hydrogens is 655 g/mol. The third-order valence-corrected chi connectivity index (χ3v) is 11.9. The Hall–Kier alpha value is -4.23. The zero-order valence-corrected chi connectivity index (χ0v) is 29.2. The summed E-state index contributed by atoms with van der Waals surface area (Å²) in [5, 5.41) is 5.73. The number of rotatable bonds is 12. The molecule has 4 N–H and O–H groups in total. The average Bonchev–Trinajstić information content (AvgIpc) is 3.58. The van der Waals surface area contributed by atoms with Gasteiger partial charge in [0.05, 0.1) is 18.1 Å². The summed E-state index contributed by atoms with van der Waals surface area (Å²) in [5.74, 6) is -0.0887. The fraction of sp³-hybridized carbons (Fsp3) is 0.421. The molecule has 1 saturated heterocycles. The Bertz CT molecular complexity index is 1860. The first-order chi connectivity index (χ1) is 24.1. The highest BCUT2D eigenvalue weighted by atomic mass is 32.2. The molecule has 1 saturated carbocycles. The first-order valence-electron chi connectivity index (χ1n) is 17.4. The molecule has 2 aliphatic heterocycles. The highest BCUT2D eigenvalue weighted by Crippen LogP contribution is 2.32. The van der Waals surface area contributed by atoms with Gasteiger partial charge in [-0.3, -0.25) is 19.4 Å². The molecule has 2 heterocycles. The van der Waals surface area contributed by atoms with Crippen molar-refractivity contribution in [3.8, 4) is 11.1 Å². The number of anilines is 1. The maximum absolute atomic E-state index is 13.9. The molecule has 2 amide bonds. The van der Waals surface area contributed by atoms with Crippen LogP contribution in [0.5, 0.6) is 0 Å². The van der Waals surface area contributed by atoms with E-state index in [-0.39, 0.29) is 41.4 Å². The lowest BCUT2D eigenvalue weighted by atomic mass is 9.77. The first-order valence-corrected chi connectivity index (χ1v) is 18.8. The largest absolute Gasteiger partial charge is 0.379 e. The van der Waals surface area contributed by atoms with Gasteiger partial charge in [0.2, 0.25) is 21.8 Å². The van der Waals surface area contributed by atoms with Crippen LogP contribution in [0.2, 0.25) is 0 Å². The van der Waals surface area contributed by atoms with Crippen LogP contribution in [0.4, 0.5) is 5.69 Å². The smallest absolute Gasteiger partial charge is 0.247 e. The maximum Gasteiger partial charge on any atom is 0.247 e. The maximum atomic E-state index is 13.9. The highest BCUT2D eigenvalue weighted by molar-refractivity contribution is 7.89. The number of amidine groups is 1. The first kappa shape index (κ1) is 35.6. The minimum absolute atomic E-state index is 0.0834. The van der Waals surface area contributed by atoms with E-state index in [0.717, 1.165) is 53.5 Å². The van der Waals surface area contributed by atoms with Crippen LogP contribution >= 0.6 is 0 Å². The molecule has 50 heavy (non-hydrogen) atoms. The van der Waals surface area contributed by atoms with E-state index in [1.54, 1.807) is 36.4 Å². The Morgan fingerprint density at radius 2 is 1.74 bits per heavy atom. The summed E-state index contributed by atoms with van der Waals surface area (Å²) < 4.78 is 33.7. The second-order valence-corrected chi connectivity index (χ2v) is 15.4. The van der Waals surface area contributed by atoms with Crippen molar-refractivity contribution in [3.05, 3.63) is 83.4 Å². The molecule has 1 aliphatic carbocycles. The molecule has 11 nitrogen and oxygen atoms in total. The predicted octanol–water partition coefficient (Wildman–Crippen LogP) is 4.08. The van der Waals surface area contributed by atoms with E-state index in [1.165, 1.54) is 4.31 Å². The second kappa shape index (κ2) is 15.8. The number of carbonyl (C=O) groups is 3. The summed E-state index contributed by atoms with van der Waals surface area (Å²) in [4.78, 5) is 43.5. The number of nitrogens with two attached hydrogens (primary N) is 1. The van der Waals surface area contributed by atoms with E-state index < -0.39 is 15.9 Å².